The Morgan fingerprint density at radius 2 is 1.79 bits per heavy atom. The van der Waals surface area contributed by atoms with Gasteiger partial charge in [0, 0.05) is 19.6 Å². The van der Waals surface area contributed by atoms with Crippen molar-refractivity contribution in [2.75, 3.05) is 5.75 Å². The summed E-state index contributed by atoms with van der Waals surface area (Å²) in [4.78, 5) is 45.2. The van der Waals surface area contributed by atoms with Crippen molar-refractivity contribution in [3.8, 4) is 0 Å². The number of carboxylic acids is 1. The number of rotatable bonds is 7. The van der Waals surface area contributed by atoms with Gasteiger partial charge < -0.3 is 19.9 Å². The Hall–Kier alpha value is -2.55. The molecule has 0 saturated heterocycles. The highest BCUT2D eigenvalue weighted by molar-refractivity contribution is 8.13. The van der Waals surface area contributed by atoms with Gasteiger partial charge in [0.1, 0.15) is 6.04 Å². The third kappa shape index (κ3) is 7.14. The first kappa shape index (κ1) is 19.5. The van der Waals surface area contributed by atoms with Gasteiger partial charge >= 0.3 is 17.2 Å². The minimum absolute atomic E-state index is 0.215. The summed E-state index contributed by atoms with van der Waals surface area (Å²) < 4.78 is 9.80. The maximum Gasteiger partial charge on any atom is 0.370 e. The summed E-state index contributed by atoms with van der Waals surface area (Å²) in [6.45, 7) is 2.53. The molecule has 0 spiro atoms. The Kier molecular flexibility index (Phi) is 7.76. The summed E-state index contributed by atoms with van der Waals surface area (Å²) in [6.07, 6.45) is -1.14. The Labute approximate surface area is 142 Å². The van der Waals surface area contributed by atoms with Crippen LogP contribution in [0.15, 0.2) is 30.3 Å². The van der Waals surface area contributed by atoms with Crippen LogP contribution in [0.5, 0.6) is 0 Å². The van der Waals surface area contributed by atoms with Gasteiger partial charge in [0.2, 0.25) is 12.2 Å². The molecule has 9 heteroatoms. The minimum Gasteiger partial charge on any atom is -0.480 e. The minimum atomic E-state index is -1.27. The fourth-order valence-corrected chi connectivity index (χ4v) is 2.29. The number of amides is 1. The summed E-state index contributed by atoms with van der Waals surface area (Å²) in [7, 11) is 0. The quantitative estimate of drug-likeness (QED) is 0.560. The number of carbonyl (C=O) groups is 4. The number of esters is 1. The lowest BCUT2D eigenvalue weighted by Gasteiger charge is -2.15. The first-order valence-corrected chi connectivity index (χ1v) is 7.87. The van der Waals surface area contributed by atoms with E-state index in [0.29, 0.717) is 17.3 Å². The summed E-state index contributed by atoms with van der Waals surface area (Å²) in [5.74, 6) is -2.66. The van der Waals surface area contributed by atoms with Crippen LogP contribution in [0, 0.1) is 0 Å². The number of hydrogen-bond acceptors (Lipinski definition) is 7. The van der Waals surface area contributed by atoms with Crippen LogP contribution in [0.2, 0.25) is 0 Å². The number of carbonyl (C=O) groups excluding carboxylic acids is 3. The smallest absolute Gasteiger partial charge is 0.370 e. The van der Waals surface area contributed by atoms with Gasteiger partial charge in [0.15, 0.2) is 0 Å². The van der Waals surface area contributed by atoms with Crippen LogP contribution in [0.4, 0.5) is 4.79 Å². The van der Waals surface area contributed by atoms with Crippen molar-refractivity contribution in [1.82, 2.24) is 5.32 Å². The van der Waals surface area contributed by atoms with Crippen LogP contribution in [0.25, 0.3) is 0 Å². The van der Waals surface area contributed by atoms with Gasteiger partial charge in [-0.15, -0.1) is 0 Å². The molecule has 0 saturated carbocycles. The van der Waals surface area contributed by atoms with Gasteiger partial charge in [0.25, 0.3) is 0 Å². The van der Waals surface area contributed by atoms with E-state index in [-0.39, 0.29) is 5.75 Å². The third-order valence-corrected chi connectivity index (χ3v) is 3.42. The van der Waals surface area contributed by atoms with E-state index in [9.17, 15) is 19.2 Å². The van der Waals surface area contributed by atoms with Gasteiger partial charge in [-0.1, -0.05) is 18.2 Å². The number of aliphatic carboxylic acids is 1. The van der Waals surface area contributed by atoms with E-state index < -0.39 is 35.5 Å². The normalized spacial score (nSPS) is 12.6. The van der Waals surface area contributed by atoms with E-state index in [1.807, 2.05) is 0 Å². The van der Waals surface area contributed by atoms with Crippen LogP contribution < -0.4 is 5.32 Å². The molecule has 0 bridgehead atoms. The van der Waals surface area contributed by atoms with Crippen molar-refractivity contribution in [2.24, 2.45) is 0 Å². The van der Waals surface area contributed by atoms with Crippen molar-refractivity contribution < 1.29 is 33.8 Å². The SMILES string of the molecule is CC(=O)N[C@@H](CSC(=O)O[C@@H](C)OC(=O)c1ccccc1)C(=O)O. The fourth-order valence-electron chi connectivity index (χ4n) is 1.56. The van der Waals surface area contributed by atoms with Gasteiger partial charge in [-0.3, -0.25) is 4.79 Å². The number of carboxylic acid groups (broad SMARTS) is 1. The average molecular weight is 355 g/mol. The van der Waals surface area contributed by atoms with Gasteiger partial charge in [0.05, 0.1) is 5.56 Å². The molecule has 0 fully saturated rings. The lowest BCUT2D eigenvalue weighted by atomic mass is 10.2. The lowest BCUT2D eigenvalue weighted by molar-refractivity contribution is -0.140. The molecular formula is C15H17NO7S. The van der Waals surface area contributed by atoms with Crippen molar-refractivity contribution in [3.63, 3.8) is 0 Å². The first-order valence-electron chi connectivity index (χ1n) is 6.89. The molecule has 1 amide bonds. The Bertz CT molecular complexity index is 605. The molecule has 24 heavy (non-hydrogen) atoms. The highest BCUT2D eigenvalue weighted by atomic mass is 32.2. The number of nitrogens with one attached hydrogen (secondary N) is 1. The molecule has 0 heterocycles. The monoisotopic (exact) mass is 355 g/mol. The molecule has 0 aliphatic rings. The fraction of sp³-hybridized carbons (Fsp3) is 0.333. The maximum absolute atomic E-state index is 11.8. The van der Waals surface area contributed by atoms with Crippen molar-refractivity contribution in [1.29, 1.82) is 0 Å². The Morgan fingerprint density at radius 1 is 1.17 bits per heavy atom. The van der Waals surface area contributed by atoms with E-state index >= 15 is 0 Å². The molecule has 0 aliphatic heterocycles. The second-order valence-corrected chi connectivity index (χ2v) is 5.56. The predicted octanol–water partition coefficient (Wildman–Crippen LogP) is 1.65. The molecule has 130 valence electrons. The average Bonchev–Trinajstić information content (AvgIpc) is 2.51. The molecule has 1 rings (SSSR count). The van der Waals surface area contributed by atoms with E-state index in [1.165, 1.54) is 13.8 Å². The van der Waals surface area contributed by atoms with Crippen LogP contribution in [0.3, 0.4) is 0 Å². The van der Waals surface area contributed by atoms with Crippen LogP contribution in [0.1, 0.15) is 24.2 Å². The highest BCUT2D eigenvalue weighted by Crippen LogP contribution is 2.12. The molecule has 1 aromatic carbocycles. The summed E-state index contributed by atoms with van der Waals surface area (Å²) in [6, 6.07) is 6.95. The predicted molar refractivity (Wildman–Crippen MR) is 85.5 cm³/mol. The van der Waals surface area contributed by atoms with Crippen LogP contribution in [-0.4, -0.2) is 46.3 Å². The zero-order valence-electron chi connectivity index (χ0n) is 13.1. The second kappa shape index (κ2) is 9.56. The molecule has 0 radical (unpaired) electrons. The number of thioether (sulfide) groups is 1. The summed E-state index contributed by atoms with van der Waals surface area (Å²) in [5.41, 5.74) is 0.310. The zero-order chi connectivity index (χ0) is 18.1. The molecule has 2 N–H and O–H groups in total. The Balaban J connectivity index is 2.42. The molecule has 1 aromatic rings. The van der Waals surface area contributed by atoms with Crippen molar-refractivity contribution >= 4 is 34.9 Å². The third-order valence-electron chi connectivity index (χ3n) is 2.59. The first-order chi connectivity index (χ1) is 11.3. The summed E-state index contributed by atoms with van der Waals surface area (Å²) >= 11 is 0.558. The van der Waals surface area contributed by atoms with Crippen molar-refractivity contribution in [3.05, 3.63) is 35.9 Å². The van der Waals surface area contributed by atoms with E-state index in [0.717, 1.165) is 0 Å². The standard InChI is InChI=1S/C15H17NO7S/c1-9(17)16-12(13(18)19)8-24-15(21)23-10(2)22-14(20)11-6-4-3-5-7-11/h3-7,10,12H,8H2,1-2H3,(H,16,17)(H,18,19)/t10-,12-/m0/s1. The lowest BCUT2D eigenvalue weighted by Crippen LogP contribution is -2.41. The highest BCUT2D eigenvalue weighted by Gasteiger charge is 2.22. The van der Waals surface area contributed by atoms with Crippen LogP contribution in [-0.2, 0) is 19.1 Å². The molecule has 8 nitrogen and oxygen atoms in total. The molecule has 0 unspecified atom stereocenters. The van der Waals surface area contributed by atoms with Crippen molar-refractivity contribution in [2.45, 2.75) is 26.2 Å². The number of ether oxygens (including phenoxy) is 2. The molecular weight excluding hydrogens is 338 g/mol. The molecule has 0 aliphatic carbocycles. The van der Waals surface area contributed by atoms with Gasteiger partial charge in [-0.05, 0) is 23.9 Å². The van der Waals surface area contributed by atoms with E-state index in [1.54, 1.807) is 30.3 Å². The van der Waals surface area contributed by atoms with Gasteiger partial charge in [-0.2, -0.15) is 0 Å². The maximum atomic E-state index is 11.8. The second-order valence-electron chi connectivity index (χ2n) is 4.61. The molecule has 2 atom stereocenters. The summed E-state index contributed by atoms with van der Waals surface area (Å²) in [5, 5.41) is 10.3. The topological polar surface area (TPSA) is 119 Å². The zero-order valence-corrected chi connectivity index (χ0v) is 13.9. The number of benzene rings is 1. The van der Waals surface area contributed by atoms with E-state index in [4.69, 9.17) is 14.6 Å². The van der Waals surface area contributed by atoms with E-state index in [2.05, 4.69) is 5.32 Å². The largest absolute Gasteiger partial charge is 0.480 e. The van der Waals surface area contributed by atoms with Gasteiger partial charge in [-0.25, -0.2) is 14.4 Å². The van der Waals surface area contributed by atoms with Crippen LogP contribution >= 0.6 is 11.8 Å². The molecule has 0 aromatic heterocycles. The Morgan fingerprint density at radius 3 is 2.33 bits per heavy atom. The number of hydrogen-bond donors (Lipinski definition) is 2.